The van der Waals surface area contributed by atoms with E-state index in [1.807, 2.05) is 30.3 Å². The van der Waals surface area contributed by atoms with Gasteiger partial charge in [0.25, 0.3) is 0 Å². The molecule has 2 atom stereocenters. The Labute approximate surface area is 137 Å². The van der Waals surface area contributed by atoms with Crippen LogP contribution in [0, 0.1) is 16.7 Å². The fraction of sp³-hybridized carbons (Fsp3) is 0.588. The third kappa shape index (κ3) is 2.68. The smallest absolute Gasteiger partial charge is 0.212 e. The highest BCUT2D eigenvalue weighted by Gasteiger charge is 2.64. The lowest BCUT2D eigenvalue weighted by molar-refractivity contribution is 0.192. The Bertz CT molecular complexity index is 713. The van der Waals surface area contributed by atoms with E-state index < -0.39 is 15.4 Å². The summed E-state index contributed by atoms with van der Waals surface area (Å²) in [6.07, 6.45) is 2.48. The number of nitrogens with zero attached hydrogens (tertiary/aromatic N) is 1. The molecule has 3 rings (SSSR count). The molecule has 5 nitrogen and oxygen atoms in total. The van der Waals surface area contributed by atoms with E-state index in [-0.39, 0.29) is 17.7 Å². The van der Waals surface area contributed by atoms with Crippen molar-refractivity contribution in [2.45, 2.75) is 39.7 Å². The molecular weight excluding hydrogens is 312 g/mol. The quantitative estimate of drug-likeness (QED) is 0.641. The number of nitrogens with one attached hydrogen (secondary N) is 1. The van der Waals surface area contributed by atoms with Gasteiger partial charge in [-0.3, -0.25) is 0 Å². The third-order valence-electron chi connectivity index (χ3n) is 6.06. The Balaban J connectivity index is 1.79. The first-order valence-electron chi connectivity index (χ1n) is 8.03. The lowest BCUT2D eigenvalue weighted by Crippen LogP contribution is -2.45. The molecule has 2 bridgehead atoms. The zero-order valence-corrected chi connectivity index (χ0v) is 14.4. The highest BCUT2D eigenvalue weighted by Crippen LogP contribution is 2.64. The van der Waals surface area contributed by atoms with Crippen molar-refractivity contribution in [3.63, 3.8) is 0 Å². The minimum Gasteiger partial charge on any atom is -0.411 e. The summed E-state index contributed by atoms with van der Waals surface area (Å²) >= 11 is 0. The number of hydrogen-bond donors (Lipinski definition) is 2. The van der Waals surface area contributed by atoms with Gasteiger partial charge in [-0.05, 0) is 36.2 Å². The summed E-state index contributed by atoms with van der Waals surface area (Å²) in [7, 11) is -3.46. The van der Waals surface area contributed by atoms with Gasteiger partial charge in [0, 0.05) is 12.0 Å². The van der Waals surface area contributed by atoms with Crippen molar-refractivity contribution in [3.05, 3.63) is 35.9 Å². The molecule has 0 heterocycles. The van der Waals surface area contributed by atoms with Gasteiger partial charge in [0.05, 0.1) is 11.5 Å². The SMILES string of the molecule is CC1(C)[C@@H]2CC[C@@]1(CS(=O)(=O)NCc1ccccc1)/C(=N/O)C2. The van der Waals surface area contributed by atoms with Crippen LogP contribution >= 0.6 is 0 Å². The predicted octanol–water partition coefficient (Wildman–Crippen LogP) is 2.76. The van der Waals surface area contributed by atoms with E-state index in [0.717, 1.165) is 18.4 Å². The lowest BCUT2D eigenvalue weighted by atomic mass is 9.70. The predicted molar refractivity (Wildman–Crippen MR) is 89.8 cm³/mol. The van der Waals surface area contributed by atoms with Crippen molar-refractivity contribution in [1.82, 2.24) is 4.72 Å². The molecule has 0 unspecified atom stereocenters. The molecule has 2 aliphatic carbocycles. The summed E-state index contributed by atoms with van der Waals surface area (Å²) < 4.78 is 28.0. The van der Waals surface area contributed by atoms with Crippen molar-refractivity contribution < 1.29 is 13.6 Å². The van der Waals surface area contributed by atoms with E-state index in [2.05, 4.69) is 23.7 Å². The fourth-order valence-electron chi connectivity index (χ4n) is 4.44. The Kier molecular flexibility index (Phi) is 4.01. The van der Waals surface area contributed by atoms with Crippen LogP contribution in [0.5, 0.6) is 0 Å². The number of fused-ring (bicyclic) bond motifs is 2. The Morgan fingerprint density at radius 2 is 2.00 bits per heavy atom. The van der Waals surface area contributed by atoms with Crippen molar-refractivity contribution >= 4 is 15.7 Å². The van der Waals surface area contributed by atoms with Crippen molar-refractivity contribution in [3.8, 4) is 0 Å². The van der Waals surface area contributed by atoms with Gasteiger partial charge in [0.15, 0.2) is 0 Å². The summed E-state index contributed by atoms with van der Waals surface area (Å²) in [6, 6.07) is 9.47. The summed E-state index contributed by atoms with van der Waals surface area (Å²) in [5, 5.41) is 12.8. The minimum absolute atomic E-state index is 0.00424. The third-order valence-corrected chi connectivity index (χ3v) is 7.52. The van der Waals surface area contributed by atoms with Gasteiger partial charge in [-0.25, -0.2) is 13.1 Å². The summed E-state index contributed by atoms with van der Waals surface area (Å²) in [6.45, 7) is 4.50. The van der Waals surface area contributed by atoms with E-state index in [9.17, 15) is 13.6 Å². The van der Waals surface area contributed by atoms with Crippen LogP contribution in [-0.4, -0.2) is 25.1 Å². The molecule has 23 heavy (non-hydrogen) atoms. The summed E-state index contributed by atoms with van der Waals surface area (Å²) in [5.74, 6) is 0.396. The molecule has 2 N–H and O–H groups in total. The standard InChI is InChI=1S/C17H24N2O3S/c1-16(2)14-8-9-17(16,15(10-14)19-20)12-23(21,22)18-11-13-6-4-3-5-7-13/h3-7,14,18,20H,8-12H2,1-2H3/b19-15+/t14-,17-/m1/s1. The molecule has 1 aromatic carbocycles. The molecule has 2 fully saturated rings. The lowest BCUT2D eigenvalue weighted by Gasteiger charge is -2.37. The van der Waals surface area contributed by atoms with Crippen LogP contribution in [0.2, 0.25) is 0 Å². The number of sulfonamides is 1. The van der Waals surface area contributed by atoms with Gasteiger partial charge in [-0.1, -0.05) is 49.3 Å². The van der Waals surface area contributed by atoms with E-state index >= 15 is 0 Å². The van der Waals surface area contributed by atoms with E-state index in [0.29, 0.717) is 18.1 Å². The van der Waals surface area contributed by atoms with Crippen molar-refractivity contribution in [2.24, 2.45) is 21.9 Å². The monoisotopic (exact) mass is 336 g/mol. The first-order valence-corrected chi connectivity index (χ1v) is 9.69. The maximum atomic E-state index is 12.6. The van der Waals surface area contributed by atoms with E-state index in [1.54, 1.807) is 0 Å². The Hall–Kier alpha value is -1.40. The number of hydrogen-bond acceptors (Lipinski definition) is 4. The van der Waals surface area contributed by atoms with Crippen LogP contribution in [0.15, 0.2) is 35.5 Å². The van der Waals surface area contributed by atoms with Crippen LogP contribution in [0.1, 0.15) is 38.7 Å². The highest BCUT2D eigenvalue weighted by atomic mass is 32.2. The van der Waals surface area contributed by atoms with Crippen LogP contribution in [0.25, 0.3) is 0 Å². The van der Waals surface area contributed by atoms with E-state index in [1.165, 1.54) is 0 Å². The van der Waals surface area contributed by atoms with Gasteiger partial charge in [-0.15, -0.1) is 0 Å². The van der Waals surface area contributed by atoms with Gasteiger partial charge in [0.1, 0.15) is 0 Å². The number of oxime groups is 1. The maximum Gasteiger partial charge on any atom is 0.212 e. The fourth-order valence-corrected chi connectivity index (χ4v) is 6.26. The molecule has 2 saturated carbocycles. The molecule has 2 aliphatic rings. The average molecular weight is 336 g/mol. The zero-order chi connectivity index (χ0) is 16.7. The van der Waals surface area contributed by atoms with Crippen LogP contribution < -0.4 is 4.72 Å². The van der Waals surface area contributed by atoms with E-state index in [4.69, 9.17) is 0 Å². The molecule has 0 saturated heterocycles. The summed E-state index contributed by atoms with van der Waals surface area (Å²) in [4.78, 5) is 0. The molecule has 0 amide bonds. The second-order valence-corrected chi connectivity index (χ2v) is 9.16. The molecule has 6 heteroatoms. The molecule has 0 aromatic heterocycles. The maximum absolute atomic E-state index is 12.6. The average Bonchev–Trinajstić information content (AvgIpc) is 2.87. The second kappa shape index (κ2) is 5.60. The van der Waals surface area contributed by atoms with Gasteiger partial charge < -0.3 is 5.21 Å². The van der Waals surface area contributed by atoms with Crippen molar-refractivity contribution in [2.75, 3.05) is 5.75 Å². The second-order valence-electron chi connectivity index (χ2n) is 7.36. The first-order chi connectivity index (χ1) is 10.8. The molecule has 0 spiro atoms. The van der Waals surface area contributed by atoms with Crippen LogP contribution in [-0.2, 0) is 16.6 Å². The largest absolute Gasteiger partial charge is 0.411 e. The van der Waals surface area contributed by atoms with Crippen molar-refractivity contribution in [1.29, 1.82) is 0 Å². The molecule has 0 radical (unpaired) electrons. The number of benzene rings is 1. The molecular formula is C17H24N2O3S. The van der Waals surface area contributed by atoms with Gasteiger partial charge in [-0.2, -0.15) is 0 Å². The Morgan fingerprint density at radius 3 is 2.61 bits per heavy atom. The topological polar surface area (TPSA) is 78.8 Å². The van der Waals surface area contributed by atoms with Gasteiger partial charge in [0.2, 0.25) is 10.0 Å². The molecule has 0 aliphatic heterocycles. The number of rotatable bonds is 5. The minimum atomic E-state index is -3.46. The highest BCUT2D eigenvalue weighted by molar-refractivity contribution is 7.89. The summed E-state index contributed by atoms with van der Waals surface area (Å²) in [5.41, 5.74) is 0.883. The zero-order valence-electron chi connectivity index (χ0n) is 13.6. The van der Waals surface area contributed by atoms with Crippen LogP contribution in [0.4, 0.5) is 0 Å². The first kappa shape index (κ1) is 16.5. The molecule has 126 valence electrons. The Morgan fingerprint density at radius 1 is 1.30 bits per heavy atom. The molecule has 1 aromatic rings. The van der Waals surface area contributed by atoms with Crippen LogP contribution in [0.3, 0.4) is 0 Å². The normalized spacial score (nSPS) is 30.9. The van der Waals surface area contributed by atoms with Gasteiger partial charge >= 0.3 is 0 Å².